The molecule has 0 saturated carbocycles. The fourth-order valence-corrected chi connectivity index (χ4v) is 2.78. The van der Waals surface area contributed by atoms with Gasteiger partial charge in [-0.2, -0.15) is 5.10 Å². The summed E-state index contributed by atoms with van der Waals surface area (Å²) in [4.78, 5) is 13.5. The number of carbonyl (C=O) groups is 1. The number of rotatable bonds is 4. The number of hydrazine groups is 1. The van der Waals surface area contributed by atoms with Crippen LogP contribution in [0.1, 0.15) is 21.9 Å². The van der Waals surface area contributed by atoms with Gasteiger partial charge in [0.1, 0.15) is 4.90 Å². The predicted octanol–water partition coefficient (Wildman–Crippen LogP) is 0.243. The van der Waals surface area contributed by atoms with Crippen molar-refractivity contribution in [3.8, 4) is 0 Å². The highest BCUT2D eigenvalue weighted by Crippen LogP contribution is 2.15. The van der Waals surface area contributed by atoms with Crippen LogP contribution in [0.3, 0.4) is 0 Å². The maximum atomic E-state index is 12.0. The van der Waals surface area contributed by atoms with E-state index in [2.05, 4.69) is 15.6 Å². The Morgan fingerprint density at radius 1 is 1.42 bits per heavy atom. The molecule has 8 nitrogen and oxygen atoms in total. The number of aryl methyl sites for hydroxylation is 2. The van der Waals surface area contributed by atoms with Crippen molar-refractivity contribution in [2.24, 2.45) is 0 Å². The van der Waals surface area contributed by atoms with Crippen molar-refractivity contribution in [2.75, 3.05) is 0 Å². The van der Waals surface area contributed by atoms with E-state index in [1.54, 1.807) is 13.8 Å². The molecule has 0 saturated heterocycles. The van der Waals surface area contributed by atoms with E-state index in [0.717, 1.165) is 0 Å². The van der Waals surface area contributed by atoms with Crippen molar-refractivity contribution >= 4 is 15.9 Å². The molecule has 0 aliphatic rings. The van der Waals surface area contributed by atoms with Crippen LogP contribution in [0.25, 0.3) is 0 Å². The molecule has 0 aliphatic heterocycles. The average molecular weight is 284 g/mol. The molecule has 2 aromatic rings. The Bertz CT molecular complexity index is 668. The second kappa shape index (κ2) is 4.86. The maximum Gasteiger partial charge on any atom is 0.301 e. The van der Waals surface area contributed by atoms with Gasteiger partial charge in [0.25, 0.3) is 10.0 Å². The van der Waals surface area contributed by atoms with Gasteiger partial charge in [-0.3, -0.25) is 15.3 Å². The summed E-state index contributed by atoms with van der Waals surface area (Å²) in [6, 6.07) is 2.94. The molecular weight excluding hydrogens is 272 g/mol. The van der Waals surface area contributed by atoms with Gasteiger partial charge in [0, 0.05) is 0 Å². The number of furan rings is 1. The van der Waals surface area contributed by atoms with Gasteiger partial charge in [0.15, 0.2) is 5.76 Å². The van der Waals surface area contributed by atoms with Crippen LogP contribution in [0.5, 0.6) is 0 Å². The van der Waals surface area contributed by atoms with Crippen LogP contribution in [0, 0.1) is 13.8 Å². The third-order valence-corrected chi connectivity index (χ3v) is 3.88. The molecule has 0 radical (unpaired) electrons. The molecule has 102 valence electrons. The van der Waals surface area contributed by atoms with Gasteiger partial charge >= 0.3 is 5.91 Å². The van der Waals surface area contributed by atoms with Gasteiger partial charge in [-0.05, 0) is 26.0 Å². The minimum absolute atomic E-state index is 0.00309. The second-order valence-corrected chi connectivity index (χ2v) is 5.42. The first-order valence-electron chi connectivity index (χ1n) is 5.29. The van der Waals surface area contributed by atoms with Gasteiger partial charge in [-0.1, -0.05) is 0 Å². The Balaban J connectivity index is 2.13. The lowest BCUT2D eigenvalue weighted by Gasteiger charge is -2.07. The van der Waals surface area contributed by atoms with Crippen molar-refractivity contribution in [1.29, 1.82) is 0 Å². The first-order valence-corrected chi connectivity index (χ1v) is 6.77. The van der Waals surface area contributed by atoms with Crippen LogP contribution in [-0.2, 0) is 10.0 Å². The number of nitrogens with one attached hydrogen (secondary N) is 3. The number of aromatic nitrogens is 2. The minimum Gasteiger partial charge on any atom is -0.459 e. The van der Waals surface area contributed by atoms with Crippen molar-refractivity contribution in [3.05, 3.63) is 35.5 Å². The number of H-pyrrole nitrogens is 1. The highest BCUT2D eigenvalue weighted by Gasteiger charge is 2.23. The fraction of sp³-hybridized carbons (Fsp3) is 0.200. The van der Waals surface area contributed by atoms with Gasteiger partial charge < -0.3 is 4.42 Å². The summed E-state index contributed by atoms with van der Waals surface area (Å²) in [5, 5.41) is 6.34. The van der Waals surface area contributed by atoms with Crippen molar-refractivity contribution < 1.29 is 17.6 Å². The number of hydrogen-bond donors (Lipinski definition) is 3. The van der Waals surface area contributed by atoms with Gasteiger partial charge in [-0.25, -0.2) is 8.42 Å². The van der Waals surface area contributed by atoms with Gasteiger partial charge in [-0.15, -0.1) is 4.83 Å². The smallest absolute Gasteiger partial charge is 0.301 e. The molecule has 9 heteroatoms. The zero-order valence-corrected chi connectivity index (χ0v) is 11.0. The largest absolute Gasteiger partial charge is 0.459 e. The SMILES string of the molecule is Cc1n[nH]c(C)c1S(=O)(=O)NNC(=O)c1ccco1. The van der Waals surface area contributed by atoms with E-state index in [0.29, 0.717) is 11.4 Å². The van der Waals surface area contributed by atoms with Crippen LogP contribution >= 0.6 is 0 Å². The quantitative estimate of drug-likeness (QED) is 0.695. The second-order valence-electron chi connectivity index (χ2n) is 3.80. The zero-order valence-electron chi connectivity index (χ0n) is 10.2. The number of hydrogen-bond acceptors (Lipinski definition) is 5. The summed E-state index contributed by atoms with van der Waals surface area (Å²) >= 11 is 0. The molecule has 3 N–H and O–H groups in total. The van der Waals surface area contributed by atoms with Gasteiger partial charge in [0.2, 0.25) is 0 Å². The standard InChI is InChI=1S/C10H12N4O4S/c1-6-9(7(2)12-11-6)19(16,17)14-13-10(15)8-4-3-5-18-8/h3-5,14H,1-2H3,(H,11,12)(H,13,15). The van der Waals surface area contributed by atoms with Crippen LogP contribution in [-0.4, -0.2) is 24.5 Å². The Morgan fingerprint density at radius 2 is 2.16 bits per heavy atom. The van der Waals surface area contributed by atoms with Crippen LogP contribution < -0.4 is 10.3 Å². The summed E-state index contributed by atoms with van der Waals surface area (Å²) < 4.78 is 28.8. The summed E-state index contributed by atoms with van der Waals surface area (Å²) in [5.41, 5.74) is 2.76. The molecule has 0 spiro atoms. The lowest BCUT2D eigenvalue weighted by Crippen LogP contribution is -2.41. The summed E-state index contributed by atoms with van der Waals surface area (Å²) in [7, 11) is -3.88. The summed E-state index contributed by atoms with van der Waals surface area (Å²) in [5.74, 6) is -0.685. The van der Waals surface area contributed by atoms with E-state index in [9.17, 15) is 13.2 Å². The molecule has 19 heavy (non-hydrogen) atoms. The van der Waals surface area contributed by atoms with E-state index in [4.69, 9.17) is 4.42 Å². The molecule has 0 aliphatic carbocycles. The molecule has 0 aromatic carbocycles. The molecule has 2 rings (SSSR count). The molecule has 0 atom stereocenters. The Hall–Kier alpha value is -2.13. The molecule has 0 fully saturated rings. The highest BCUT2D eigenvalue weighted by atomic mass is 32.2. The third kappa shape index (κ3) is 2.66. The number of amides is 1. The van der Waals surface area contributed by atoms with E-state index < -0.39 is 15.9 Å². The zero-order chi connectivity index (χ0) is 14.0. The summed E-state index contributed by atoms with van der Waals surface area (Å²) in [6.45, 7) is 3.12. The Labute approximate surface area is 109 Å². The first kappa shape index (κ1) is 13.3. The lowest BCUT2D eigenvalue weighted by molar-refractivity contribution is 0.0917. The van der Waals surface area contributed by atoms with Crippen LogP contribution in [0.4, 0.5) is 0 Å². The van der Waals surface area contributed by atoms with E-state index in [-0.39, 0.29) is 10.7 Å². The number of carbonyl (C=O) groups excluding carboxylic acids is 1. The number of nitrogens with zero attached hydrogens (tertiary/aromatic N) is 1. The van der Waals surface area contributed by atoms with Crippen molar-refractivity contribution in [2.45, 2.75) is 18.7 Å². The monoisotopic (exact) mass is 284 g/mol. The predicted molar refractivity (Wildman–Crippen MR) is 64.6 cm³/mol. The molecule has 0 unspecified atom stereocenters. The third-order valence-electron chi connectivity index (χ3n) is 2.37. The lowest BCUT2D eigenvalue weighted by atomic mass is 10.4. The number of aromatic amines is 1. The van der Waals surface area contributed by atoms with Crippen LogP contribution in [0.15, 0.2) is 27.7 Å². The average Bonchev–Trinajstić information content (AvgIpc) is 2.96. The molecule has 0 bridgehead atoms. The van der Waals surface area contributed by atoms with Crippen LogP contribution in [0.2, 0.25) is 0 Å². The van der Waals surface area contributed by atoms with Gasteiger partial charge in [0.05, 0.1) is 17.7 Å². The highest BCUT2D eigenvalue weighted by molar-refractivity contribution is 7.89. The molecule has 1 amide bonds. The topological polar surface area (TPSA) is 117 Å². The minimum atomic E-state index is -3.88. The normalized spacial score (nSPS) is 11.5. The number of sulfonamides is 1. The van der Waals surface area contributed by atoms with E-state index in [1.165, 1.54) is 18.4 Å². The molecule has 2 aromatic heterocycles. The maximum absolute atomic E-state index is 12.0. The molecule has 2 heterocycles. The Morgan fingerprint density at radius 3 is 2.68 bits per heavy atom. The van der Waals surface area contributed by atoms with E-state index in [1.807, 2.05) is 4.83 Å². The van der Waals surface area contributed by atoms with Crippen molar-refractivity contribution in [3.63, 3.8) is 0 Å². The molecular formula is C10H12N4O4S. The summed E-state index contributed by atoms with van der Waals surface area (Å²) in [6.07, 6.45) is 1.31. The van der Waals surface area contributed by atoms with E-state index >= 15 is 0 Å². The van der Waals surface area contributed by atoms with Crippen molar-refractivity contribution in [1.82, 2.24) is 20.5 Å². The fourth-order valence-electron chi connectivity index (χ4n) is 1.57. The first-order chi connectivity index (χ1) is 8.92. The Kier molecular flexibility index (Phi) is 3.40.